The van der Waals surface area contributed by atoms with Gasteiger partial charge in [-0.15, -0.1) is 11.3 Å². The zero-order valence-electron chi connectivity index (χ0n) is 10.8. The van der Waals surface area contributed by atoms with E-state index >= 15 is 0 Å². The minimum absolute atomic E-state index is 0.0450. The second-order valence-corrected chi connectivity index (χ2v) is 5.09. The van der Waals surface area contributed by atoms with E-state index in [1.54, 1.807) is 18.2 Å². The van der Waals surface area contributed by atoms with E-state index in [4.69, 9.17) is 5.26 Å². The van der Waals surface area contributed by atoms with E-state index in [1.807, 2.05) is 24.4 Å². The van der Waals surface area contributed by atoms with E-state index in [0.717, 1.165) is 10.4 Å². The molecular formula is C15H12N2O2S. The molecular weight excluding hydrogens is 272 g/mol. The third-order valence-corrected chi connectivity index (χ3v) is 3.63. The lowest BCUT2D eigenvalue weighted by molar-refractivity contribution is -0.112. The van der Waals surface area contributed by atoms with Crippen molar-refractivity contribution in [1.29, 1.82) is 5.26 Å². The van der Waals surface area contributed by atoms with Crippen LogP contribution in [-0.4, -0.2) is 11.0 Å². The topological polar surface area (TPSA) is 73.1 Å². The van der Waals surface area contributed by atoms with Gasteiger partial charge in [0.15, 0.2) is 0 Å². The number of phenols is 1. The molecule has 0 aliphatic carbocycles. The molecule has 0 bridgehead atoms. The van der Waals surface area contributed by atoms with Crippen LogP contribution in [0, 0.1) is 18.3 Å². The lowest BCUT2D eigenvalue weighted by atomic mass is 10.2. The van der Waals surface area contributed by atoms with Crippen LogP contribution in [0.4, 0.5) is 5.69 Å². The van der Waals surface area contributed by atoms with Gasteiger partial charge in [-0.3, -0.25) is 4.79 Å². The normalized spacial score (nSPS) is 10.9. The summed E-state index contributed by atoms with van der Waals surface area (Å²) in [5.74, 6) is -0.348. The molecule has 4 nitrogen and oxygen atoms in total. The fraction of sp³-hybridized carbons (Fsp3) is 0.0667. The van der Waals surface area contributed by atoms with Crippen molar-refractivity contribution in [3.8, 4) is 11.8 Å². The highest BCUT2D eigenvalue weighted by molar-refractivity contribution is 7.11. The van der Waals surface area contributed by atoms with Gasteiger partial charge < -0.3 is 10.4 Å². The van der Waals surface area contributed by atoms with Gasteiger partial charge in [0, 0.05) is 10.6 Å². The number of amides is 1. The lowest BCUT2D eigenvalue weighted by Crippen LogP contribution is -2.13. The Morgan fingerprint density at radius 2 is 2.05 bits per heavy atom. The molecule has 2 N–H and O–H groups in total. The zero-order chi connectivity index (χ0) is 14.5. The van der Waals surface area contributed by atoms with Crippen molar-refractivity contribution in [3.63, 3.8) is 0 Å². The number of nitrogens with zero attached hydrogens (tertiary/aromatic N) is 1. The highest BCUT2D eigenvalue weighted by Gasteiger charge is 2.10. The minimum atomic E-state index is -0.467. The molecule has 0 saturated carbocycles. The predicted molar refractivity (Wildman–Crippen MR) is 79.4 cm³/mol. The zero-order valence-corrected chi connectivity index (χ0v) is 11.6. The number of phenolic OH excluding ortho intramolecular Hbond substituents is 1. The molecule has 0 atom stereocenters. The summed E-state index contributed by atoms with van der Waals surface area (Å²) in [6.07, 6.45) is 1.58. The molecule has 1 aromatic heterocycles. The van der Waals surface area contributed by atoms with E-state index in [-0.39, 0.29) is 11.3 Å². The van der Waals surface area contributed by atoms with Crippen LogP contribution in [0.15, 0.2) is 41.3 Å². The monoisotopic (exact) mass is 284 g/mol. The van der Waals surface area contributed by atoms with Gasteiger partial charge in [-0.2, -0.15) is 5.26 Å². The summed E-state index contributed by atoms with van der Waals surface area (Å²) in [6, 6.07) is 9.91. The summed E-state index contributed by atoms with van der Waals surface area (Å²) in [5, 5.41) is 22.8. The Balaban J connectivity index is 2.18. The Labute approximate surface area is 120 Å². The first-order valence-electron chi connectivity index (χ1n) is 5.86. The molecule has 2 aromatic rings. The molecule has 0 spiro atoms. The molecule has 0 radical (unpaired) electrons. The number of carbonyl (C=O) groups excluding carboxylic acids is 1. The van der Waals surface area contributed by atoms with Crippen LogP contribution in [0.1, 0.15) is 10.4 Å². The molecule has 0 aliphatic heterocycles. The third-order valence-electron chi connectivity index (χ3n) is 2.67. The first-order chi connectivity index (χ1) is 9.60. The quantitative estimate of drug-likeness (QED) is 0.516. The molecule has 2 rings (SSSR count). The molecule has 0 unspecified atom stereocenters. The fourth-order valence-electron chi connectivity index (χ4n) is 1.56. The summed E-state index contributed by atoms with van der Waals surface area (Å²) in [7, 11) is 0. The van der Waals surface area contributed by atoms with Crippen molar-refractivity contribution in [1.82, 2.24) is 0 Å². The number of thiophene rings is 1. The maximum atomic E-state index is 12.0. The van der Waals surface area contributed by atoms with Gasteiger partial charge in [-0.1, -0.05) is 0 Å². The van der Waals surface area contributed by atoms with Crippen molar-refractivity contribution in [2.24, 2.45) is 0 Å². The van der Waals surface area contributed by atoms with Gasteiger partial charge in [-0.05, 0) is 54.3 Å². The van der Waals surface area contributed by atoms with E-state index in [1.165, 1.54) is 23.5 Å². The standard InChI is InChI=1S/C15H12N2O2S/c1-10-6-7-20-14(10)8-11(9-16)15(19)17-12-2-4-13(18)5-3-12/h2-8,18H,1H3,(H,17,19)/b11-8+. The number of aromatic hydroxyl groups is 1. The number of rotatable bonds is 3. The molecule has 0 fully saturated rings. The van der Waals surface area contributed by atoms with Crippen LogP contribution in [0.3, 0.4) is 0 Å². The molecule has 0 saturated heterocycles. The minimum Gasteiger partial charge on any atom is -0.508 e. The van der Waals surface area contributed by atoms with Crippen molar-refractivity contribution >= 4 is 29.0 Å². The van der Waals surface area contributed by atoms with Crippen LogP contribution in [0.25, 0.3) is 6.08 Å². The first-order valence-corrected chi connectivity index (χ1v) is 6.74. The molecule has 1 heterocycles. The van der Waals surface area contributed by atoms with Crippen molar-refractivity contribution in [2.45, 2.75) is 6.92 Å². The van der Waals surface area contributed by atoms with Gasteiger partial charge in [0.25, 0.3) is 5.91 Å². The smallest absolute Gasteiger partial charge is 0.266 e. The Hall–Kier alpha value is -2.58. The number of hydrogen-bond donors (Lipinski definition) is 2. The molecule has 0 aliphatic rings. The maximum absolute atomic E-state index is 12.0. The highest BCUT2D eigenvalue weighted by atomic mass is 32.1. The molecule has 100 valence electrons. The van der Waals surface area contributed by atoms with Crippen molar-refractivity contribution in [2.75, 3.05) is 5.32 Å². The second-order valence-electron chi connectivity index (χ2n) is 4.14. The summed E-state index contributed by atoms with van der Waals surface area (Å²) in [6.45, 7) is 1.93. The van der Waals surface area contributed by atoms with Crippen molar-refractivity contribution < 1.29 is 9.90 Å². The number of benzene rings is 1. The molecule has 1 amide bonds. The van der Waals surface area contributed by atoms with Crippen LogP contribution in [-0.2, 0) is 4.79 Å². The maximum Gasteiger partial charge on any atom is 0.266 e. The van der Waals surface area contributed by atoms with Crippen LogP contribution >= 0.6 is 11.3 Å². The molecule has 5 heteroatoms. The Kier molecular flexibility index (Phi) is 4.18. The number of nitriles is 1. The largest absolute Gasteiger partial charge is 0.508 e. The van der Waals surface area contributed by atoms with Gasteiger partial charge in [0.1, 0.15) is 17.4 Å². The summed E-state index contributed by atoms with van der Waals surface area (Å²) in [4.78, 5) is 12.9. The third kappa shape index (κ3) is 3.25. The van der Waals surface area contributed by atoms with Crippen LogP contribution < -0.4 is 5.32 Å². The van der Waals surface area contributed by atoms with E-state index in [2.05, 4.69) is 5.32 Å². The van der Waals surface area contributed by atoms with Crippen molar-refractivity contribution in [3.05, 3.63) is 51.7 Å². The lowest BCUT2D eigenvalue weighted by Gasteiger charge is -2.04. The number of anilines is 1. The summed E-state index contributed by atoms with van der Waals surface area (Å²) >= 11 is 1.48. The Bertz CT molecular complexity index is 693. The predicted octanol–water partition coefficient (Wildman–Crippen LogP) is 3.31. The number of carbonyl (C=O) groups is 1. The first kappa shape index (κ1) is 13.8. The van der Waals surface area contributed by atoms with E-state index < -0.39 is 5.91 Å². The van der Waals surface area contributed by atoms with Gasteiger partial charge in [-0.25, -0.2) is 0 Å². The second kappa shape index (κ2) is 6.04. The van der Waals surface area contributed by atoms with E-state index in [9.17, 15) is 9.90 Å². The Morgan fingerprint density at radius 3 is 2.60 bits per heavy atom. The van der Waals surface area contributed by atoms with Gasteiger partial charge in [0.2, 0.25) is 0 Å². The van der Waals surface area contributed by atoms with Gasteiger partial charge >= 0.3 is 0 Å². The van der Waals surface area contributed by atoms with Gasteiger partial charge in [0.05, 0.1) is 0 Å². The average molecular weight is 284 g/mol. The summed E-state index contributed by atoms with van der Waals surface area (Å²) in [5.41, 5.74) is 1.60. The molecule has 20 heavy (non-hydrogen) atoms. The summed E-state index contributed by atoms with van der Waals surface area (Å²) < 4.78 is 0. The SMILES string of the molecule is Cc1ccsc1/C=C(\C#N)C(=O)Nc1ccc(O)cc1. The molecule has 1 aromatic carbocycles. The number of nitrogens with one attached hydrogen (secondary N) is 1. The fourth-order valence-corrected chi connectivity index (χ4v) is 2.41. The Morgan fingerprint density at radius 1 is 1.35 bits per heavy atom. The average Bonchev–Trinajstić information content (AvgIpc) is 2.84. The number of aryl methyl sites for hydroxylation is 1. The van der Waals surface area contributed by atoms with Crippen LogP contribution in [0.5, 0.6) is 5.75 Å². The van der Waals surface area contributed by atoms with Crippen LogP contribution in [0.2, 0.25) is 0 Å². The van der Waals surface area contributed by atoms with E-state index in [0.29, 0.717) is 5.69 Å². The highest BCUT2D eigenvalue weighted by Crippen LogP contribution is 2.20. The number of hydrogen-bond acceptors (Lipinski definition) is 4.